The van der Waals surface area contributed by atoms with Gasteiger partial charge in [-0.05, 0) is 19.1 Å². The Balaban J connectivity index is 1.88. The molecule has 1 unspecified atom stereocenters. The molecule has 0 aliphatic carbocycles. The molecule has 1 saturated heterocycles. The summed E-state index contributed by atoms with van der Waals surface area (Å²) in [5, 5.41) is 11.3. The van der Waals surface area contributed by atoms with Crippen molar-refractivity contribution < 1.29 is 37.0 Å². The Morgan fingerprint density at radius 3 is 2.62 bits per heavy atom. The minimum absolute atomic E-state index is 0.0414. The summed E-state index contributed by atoms with van der Waals surface area (Å²) < 4.78 is 57.2. The van der Waals surface area contributed by atoms with Crippen molar-refractivity contribution in [3.8, 4) is 5.75 Å². The van der Waals surface area contributed by atoms with Crippen LogP contribution in [0.25, 0.3) is 0 Å². The number of carbonyl (C=O) groups excluding carboxylic acids is 1. The Morgan fingerprint density at radius 2 is 2.08 bits per heavy atom. The van der Waals surface area contributed by atoms with Gasteiger partial charge in [0.25, 0.3) is 0 Å². The molecule has 0 aromatic heterocycles. The van der Waals surface area contributed by atoms with E-state index in [-0.39, 0.29) is 12.3 Å². The maximum Gasteiger partial charge on any atom is 0.394 e. The summed E-state index contributed by atoms with van der Waals surface area (Å²) in [4.78, 5) is 23.9. The van der Waals surface area contributed by atoms with E-state index in [1.165, 1.54) is 18.2 Å². The summed E-state index contributed by atoms with van der Waals surface area (Å²) in [7, 11) is 0. The molecule has 3 atom stereocenters. The average Bonchev–Trinajstić information content (AvgIpc) is 2.98. The molecule has 0 saturated carbocycles. The smallest absolute Gasteiger partial charge is 0.394 e. The van der Waals surface area contributed by atoms with E-state index >= 15 is 0 Å². The van der Waals surface area contributed by atoms with Gasteiger partial charge < -0.3 is 20.1 Å². The van der Waals surface area contributed by atoms with Gasteiger partial charge in [-0.15, -0.1) is 0 Å². The highest BCUT2D eigenvalue weighted by molar-refractivity contribution is 5.77. The van der Waals surface area contributed by atoms with Gasteiger partial charge in [0.1, 0.15) is 17.7 Å². The van der Waals surface area contributed by atoms with Gasteiger partial charge in [0.15, 0.2) is 0 Å². The molecule has 1 aromatic rings. The first-order valence-electron chi connectivity index (χ1n) is 7.82. The van der Waals surface area contributed by atoms with Crippen molar-refractivity contribution in [2.75, 3.05) is 19.6 Å². The van der Waals surface area contributed by atoms with Crippen LogP contribution in [0, 0.1) is 17.7 Å². The molecule has 1 aliphatic heterocycles. The van der Waals surface area contributed by atoms with Crippen LogP contribution in [-0.4, -0.2) is 53.9 Å². The van der Waals surface area contributed by atoms with E-state index in [4.69, 9.17) is 9.84 Å². The Labute approximate surface area is 146 Å². The van der Waals surface area contributed by atoms with Crippen LogP contribution in [0.4, 0.5) is 22.4 Å². The van der Waals surface area contributed by atoms with Gasteiger partial charge in [-0.3, -0.25) is 4.79 Å². The summed E-state index contributed by atoms with van der Waals surface area (Å²) in [5.41, 5.74) is 0. The normalized spacial score (nSPS) is 21.3. The SMILES string of the molecule is CC(CNC(=O)N1C[C@@H](C(F)(F)F)[C@H](C(=O)O)C1)Oc1cccc(F)c1. The lowest BCUT2D eigenvalue weighted by molar-refractivity contribution is -0.187. The van der Waals surface area contributed by atoms with E-state index in [0.717, 1.165) is 11.0 Å². The van der Waals surface area contributed by atoms with E-state index in [0.29, 0.717) is 0 Å². The maximum absolute atomic E-state index is 13.1. The summed E-state index contributed by atoms with van der Waals surface area (Å²) in [6.45, 7) is 0.309. The first-order chi connectivity index (χ1) is 12.1. The predicted molar refractivity (Wildman–Crippen MR) is 82.1 cm³/mol. The number of aliphatic carboxylic acids is 1. The van der Waals surface area contributed by atoms with E-state index in [1.807, 2.05) is 0 Å². The fourth-order valence-corrected chi connectivity index (χ4v) is 2.71. The molecule has 1 aliphatic rings. The van der Waals surface area contributed by atoms with Crippen LogP contribution in [0.5, 0.6) is 5.75 Å². The number of hydrogen-bond acceptors (Lipinski definition) is 3. The summed E-state index contributed by atoms with van der Waals surface area (Å²) in [5.74, 6) is -5.64. The topological polar surface area (TPSA) is 78.9 Å². The van der Waals surface area contributed by atoms with Crippen molar-refractivity contribution >= 4 is 12.0 Å². The highest BCUT2D eigenvalue weighted by atomic mass is 19.4. The molecule has 1 heterocycles. The second-order valence-corrected chi connectivity index (χ2v) is 6.07. The first kappa shape index (κ1) is 19.8. The van der Waals surface area contributed by atoms with Gasteiger partial charge in [0.2, 0.25) is 0 Å². The van der Waals surface area contributed by atoms with E-state index in [9.17, 15) is 27.2 Å². The molecular weight excluding hydrogens is 360 g/mol. The number of urea groups is 1. The zero-order chi connectivity index (χ0) is 19.5. The van der Waals surface area contributed by atoms with Crippen LogP contribution in [0.15, 0.2) is 24.3 Å². The molecule has 0 radical (unpaired) electrons. The number of ether oxygens (including phenoxy) is 1. The highest BCUT2D eigenvalue weighted by Gasteiger charge is 2.53. The second kappa shape index (κ2) is 7.79. The number of nitrogens with one attached hydrogen (secondary N) is 1. The molecule has 2 N–H and O–H groups in total. The first-order valence-corrected chi connectivity index (χ1v) is 7.82. The Morgan fingerprint density at radius 1 is 1.38 bits per heavy atom. The molecule has 1 fully saturated rings. The van der Waals surface area contributed by atoms with Crippen molar-refractivity contribution in [3.05, 3.63) is 30.1 Å². The lowest BCUT2D eigenvalue weighted by Gasteiger charge is -2.20. The monoisotopic (exact) mass is 378 g/mol. The number of carbonyl (C=O) groups is 2. The van der Waals surface area contributed by atoms with Gasteiger partial charge in [0, 0.05) is 19.2 Å². The van der Waals surface area contributed by atoms with E-state index in [2.05, 4.69) is 5.32 Å². The standard InChI is InChI=1S/C16H18F4N2O4/c1-9(26-11-4-2-3-10(17)5-11)6-21-15(25)22-7-12(14(23)24)13(8-22)16(18,19)20/h2-5,9,12-13H,6-8H2,1H3,(H,21,25)(H,23,24)/t9?,12-,13-/m1/s1. The van der Waals surface area contributed by atoms with Gasteiger partial charge in [-0.2, -0.15) is 13.2 Å². The Kier molecular flexibility index (Phi) is 5.94. The third-order valence-electron chi connectivity index (χ3n) is 4.02. The molecule has 1 aromatic carbocycles. The lowest BCUT2D eigenvalue weighted by Crippen LogP contribution is -2.43. The second-order valence-electron chi connectivity index (χ2n) is 6.07. The zero-order valence-electron chi connectivity index (χ0n) is 13.8. The third kappa shape index (κ3) is 4.99. The number of nitrogens with zero attached hydrogens (tertiary/aromatic N) is 1. The van der Waals surface area contributed by atoms with Gasteiger partial charge in [-0.1, -0.05) is 6.07 Å². The number of carboxylic acid groups (broad SMARTS) is 1. The number of likely N-dealkylation sites (tertiary alicyclic amines) is 1. The number of rotatable bonds is 5. The Hall–Kier alpha value is -2.52. The average molecular weight is 378 g/mol. The predicted octanol–water partition coefficient (Wildman–Crippen LogP) is 2.50. The number of amides is 2. The minimum Gasteiger partial charge on any atom is -0.489 e. The van der Waals surface area contributed by atoms with Gasteiger partial charge in [-0.25, -0.2) is 9.18 Å². The van der Waals surface area contributed by atoms with Crippen molar-refractivity contribution in [3.63, 3.8) is 0 Å². The highest BCUT2D eigenvalue weighted by Crippen LogP contribution is 2.37. The van der Waals surface area contributed by atoms with Gasteiger partial charge in [0.05, 0.1) is 18.4 Å². The molecule has 144 valence electrons. The largest absolute Gasteiger partial charge is 0.489 e. The maximum atomic E-state index is 13.1. The number of alkyl halides is 3. The minimum atomic E-state index is -4.70. The van der Waals surface area contributed by atoms with Crippen LogP contribution in [0.1, 0.15) is 6.92 Å². The molecule has 6 nitrogen and oxygen atoms in total. The van der Waals surface area contributed by atoms with E-state index in [1.54, 1.807) is 6.92 Å². The third-order valence-corrected chi connectivity index (χ3v) is 4.02. The van der Waals surface area contributed by atoms with Crippen LogP contribution >= 0.6 is 0 Å². The molecule has 0 bridgehead atoms. The van der Waals surface area contributed by atoms with Crippen molar-refractivity contribution in [1.82, 2.24) is 10.2 Å². The Bertz CT molecular complexity index is 668. The number of halogens is 4. The van der Waals surface area contributed by atoms with Crippen LogP contribution in [-0.2, 0) is 4.79 Å². The number of hydrogen-bond donors (Lipinski definition) is 2. The number of carboxylic acids is 1. The molecule has 26 heavy (non-hydrogen) atoms. The summed E-state index contributed by atoms with van der Waals surface area (Å²) >= 11 is 0. The van der Waals surface area contributed by atoms with Crippen LogP contribution < -0.4 is 10.1 Å². The van der Waals surface area contributed by atoms with Crippen LogP contribution in [0.3, 0.4) is 0 Å². The summed E-state index contributed by atoms with van der Waals surface area (Å²) in [6, 6.07) is 4.56. The van der Waals surface area contributed by atoms with Crippen molar-refractivity contribution in [2.45, 2.75) is 19.2 Å². The number of benzene rings is 1. The fraction of sp³-hybridized carbons (Fsp3) is 0.500. The van der Waals surface area contributed by atoms with E-state index < -0.39 is 55.0 Å². The van der Waals surface area contributed by atoms with Gasteiger partial charge >= 0.3 is 18.2 Å². The molecular formula is C16H18F4N2O4. The van der Waals surface area contributed by atoms with Crippen molar-refractivity contribution in [2.24, 2.45) is 11.8 Å². The molecule has 2 rings (SSSR count). The fourth-order valence-electron chi connectivity index (χ4n) is 2.71. The zero-order valence-corrected chi connectivity index (χ0v) is 13.8. The quantitative estimate of drug-likeness (QED) is 0.772. The van der Waals surface area contributed by atoms with Crippen LogP contribution in [0.2, 0.25) is 0 Å². The lowest BCUT2D eigenvalue weighted by atomic mass is 9.96. The molecule has 2 amide bonds. The molecule has 10 heteroatoms. The van der Waals surface area contributed by atoms with Crippen molar-refractivity contribution in [1.29, 1.82) is 0 Å². The molecule has 0 spiro atoms. The summed E-state index contributed by atoms with van der Waals surface area (Å²) in [6.07, 6.45) is -5.27.